The molecule has 26 heavy (non-hydrogen) atoms. The molecule has 3 aromatic rings. The highest BCUT2D eigenvalue weighted by molar-refractivity contribution is 7.90. The predicted octanol–water partition coefficient (Wildman–Crippen LogP) is 3.78. The Kier molecular flexibility index (Phi) is 7.61. The van der Waals surface area contributed by atoms with Crippen molar-refractivity contribution in [2.45, 2.75) is 18.4 Å². The van der Waals surface area contributed by atoms with E-state index in [2.05, 4.69) is 0 Å². The van der Waals surface area contributed by atoms with Crippen LogP contribution in [-0.4, -0.2) is 26.8 Å². The molecule has 1 heterocycles. The van der Waals surface area contributed by atoms with E-state index in [0.717, 1.165) is 21.2 Å². The van der Waals surface area contributed by atoms with E-state index in [9.17, 15) is 8.42 Å². The molecule has 140 valence electrons. The Labute approximate surface area is 164 Å². The van der Waals surface area contributed by atoms with Crippen LogP contribution in [0.4, 0.5) is 0 Å². The minimum atomic E-state index is -3.28. The smallest absolute Gasteiger partial charge is 0.156 e. The number of hydrogen-bond donors (Lipinski definition) is 1. The number of ether oxygens (including phenoxy) is 1. The molecule has 7 heteroatoms. The van der Waals surface area contributed by atoms with Crippen LogP contribution < -0.4 is 5.73 Å². The van der Waals surface area contributed by atoms with Crippen molar-refractivity contribution in [3.63, 3.8) is 0 Å². The number of thiophene rings is 1. The van der Waals surface area contributed by atoms with Gasteiger partial charge in [0.15, 0.2) is 9.84 Å². The monoisotopic (exact) mass is 411 g/mol. The Hall–Kier alpha value is -1.44. The van der Waals surface area contributed by atoms with Crippen LogP contribution in [-0.2, 0) is 26.9 Å². The van der Waals surface area contributed by atoms with E-state index < -0.39 is 15.9 Å². The maximum absolute atomic E-state index is 12.4. The Balaban J connectivity index is 0.00000243. The standard InChI is InChI=1S/C19H21NO3S2.ClH/c20-18(12-23-11-15-4-2-1-3-5-15)14-25(21,22)13-16-6-7-19-17(10-16)8-9-24-19;/h1-10,18H,11-14,20H2;1H. The van der Waals surface area contributed by atoms with E-state index in [4.69, 9.17) is 10.5 Å². The summed E-state index contributed by atoms with van der Waals surface area (Å²) in [6.45, 7) is 0.654. The van der Waals surface area contributed by atoms with E-state index in [1.807, 2.05) is 60.0 Å². The maximum atomic E-state index is 12.4. The van der Waals surface area contributed by atoms with Gasteiger partial charge in [0.05, 0.1) is 24.7 Å². The summed E-state index contributed by atoms with van der Waals surface area (Å²) in [5.41, 5.74) is 7.79. The fourth-order valence-corrected chi connectivity index (χ4v) is 5.02. The molecule has 1 aromatic heterocycles. The Morgan fingerprint density at radius 3 is 2.58 bits per heavy atom. The van der Waals surface area contributed by atoms with E-state index in [0.29, 0.717) is 6.61 Å². The van der Waals surface area contributed by atoms with Crippen LogP contribution in [0.2, 0.25) is 0 Å². The van der Waals surface area contributed by atoms with Gasteiger partial charge in [-0.25, -0.2) is 8.42 Å². The van der Waals surface area contributed by atoms with Crippen LogP contribution in [0.15, 0.2) is 60.0 Å². The summed E-state index contributed by atoms with van der Waals surface area (Å²) in [4.78, 5) is 0. The Bertz CT molecular complexity index is 926. The first-order valence-corrected chi connectivity index (χ1v) is 10.8. The molecule has 4 nitrogen and oxygen atoms in total. The van der Waals surface area contributed by atoms with Crippen LogP contribution in [0.5, 0.6) is 0 Å². The van der Waals surface area contributed by atoms with Crippen molar-refractivity contribution in [2.75, 3.05) is 12.4 Å². The summed E-state index contributed by atoms with van der Waals surface area (Å²) in [6.07, 6.45) is 0. The van der Waals surface area contributed by atoms with Crippen molar-refractivity contribution in [1.82, 2.24) is 0 Å². The average Bonchev–Trinajstić information content (AvgIpc) is 3.02. The molecule has 1 atom stereocenters. The molecule has 0 saturated carbocycles. The van der Waals surface area contributed by atoms with Crippen molar-refractivity contribution in [1.29, 1.82) is 0 Å². The van der Waals surface area contributed by atoms with Crippen molar-refractivity contribution >= 4 is 43.7 Å². The van der Waals surface area contributed by atoms with Crippen molar-refractivity contribution < 1.29 is 13.2 Å². The highest BCUT2D eigenvalue weighted by atomic mass is 35.5. The lowest BCUT2D eigenvalue weighted by molar-refractivity contribution is 0.112. The summed E-state index contributed by atoms with van der Waals surface area (Å²) in [5, 5.41) is 3.08. The lowest BCUT2D eigenvalue weighted by Crippen LogP contribution is -2.34. The van der Waals surface area contributed by atoms with Crippen LogP contribution >= 0.6 is 23.7 Å². The summed E-state index contributed by atoms with van der Waals surface area (Å²) in [7, 11) is -3.28. The zero-order chi connectivity index (χ0) is 17.7. The van der Waals surface area contributed by atoms with Crippen molar-refractivity contribution in [3.05, 3.63) is 71.1 Å². The third-order valence-corrected chi connectivity index (χ3v) is 6.42. The normalized spacial score (nSPS) is 12.7. The van der Waals surface area contributed by atoms with Gasteiger partial charge in [-0.1, -0.05) is 36.4 Å². The molecule has 3 rings (SSSR count). The van der Waals surface area contributed by atoms with Gasteiger partial charge in [0.2, 0.25) is 0 Å². The van der Waals surface area contributed by atoms with E-state index >= 15 is 0 Å². The number of fused-ring (bicyclic) bond motifs is 1. The van der Waals surface area contributed by atoms with Gasteiger partial charge < -0.3 is 10.5 Å². The average molecular weight is 412 g/mol. The molecule has 2 aromatic carbocycles. The first-order chi connectivity index (χ1) is 12.0. The number of halogens is 1. The maximum Gasteiger partial charge on any atom is 0.156 e. The largest absolute Gasteiger partial charge is 0.375 e. The molecule has 0 aliphatic rings. The minimum absolute atomic E-state index is 0. The zero-order valence-electron chi connectivity index (χ0n) is 14.2. The number of hydrogen-bond acceptors (Lipinski definition) is 5. The Morgan fingerprint density at radius 1 is 1.04 bits per heavy atom. The second kappa shape index (κ2) is 9.48. The highest BCUT2D eigenvalue weighted by Crippen LogP contribution is 2.22. The molecule has 0 bridgehead atoms. The summed E-state index contributed by atoms with van der Waals surface area (Å²) < 4.78 is 31.5. The third-order valence-electron chi connectivity index (χ3n) is 3.81. The second-order valence-electron chi connectivity index (χ2n) is 6.11. The highest BCUT2D eigenvalue weighted by Gasteiger charge is 2.17. The summed E-state index contributed by atoms with van der Waals surface area (Å²) in [6, 6.07) is 17.0. The molecule has 0 saturated heterocycles. The summed E-state index contributed by atoms with van der Waals surface area (Å²) >= 11 is 1.65. The quantitative estimate of drug-likeness (QED) is 0.612. The molecule has 0 spiro atoms. The zero-order valence-corrected chi connectivity index (χ0v) is 16.7. The van der Waals surface area contributed by atoms with Crippen LogP contribution in [0.1, 0.15) is 11.1 Å². The molecule has 0 amide bonds. The first-order valence-electron chi connectivity index (χ1n) is 8.06. The molecule has 0 aliphatic carbocycles. The van der Waals surface area contributed by atoms with Gasteiger partial charge >= 0.3 is 0 Å². The molecular weight excluding hydrogens is 390 g/mol. The molecule has 0 aliphatic heterocycles. The molecular formula is C19H22ClNO3S2. The van der Waals surface area contributed by atoms with Gasteiger partial charge in [-0.3, -0.25) is 0 Å². The second-order valence-corrected chi connectivity index (χ2v) is 9.17. The van der Waals surface area contributed by atoms with Crippen molar-refractivity contribution in [2.24, 2.45) is 5.73 Å². The first kappa shape index (κ1) is 20.9. The fraction of sp³-hybridized carbons (Fsp3) is 0.263. The summed E-state index contributed by atoms with van der Waals surface area (Å²) in [5.74, 6) is -0.0748. The van der Waals surface area contributed by atoms with Gasteiger partial charge in [-0.2, -0.15) is 0 Å². The number of benzene rings is 2. The molecule has 2 N–H and O–H groups in total. The van der Waals surface area contributed by atoms with Crippen molar-refractivity contribution in [3.8, 4) is 0 Å². The lowest BCUT2D eigenvalue weighted by atomic mass is 10.2. The Morgan fingerprint density at radius 2 is 1.81 bits per heavy atom. The molecule has 1 unspecified atom stereocenters. The van der Waals surface area contributed by atoms with E-state index in [-0.39, 0.29) is 30.5 Å². The van der Waals surface area contributed by atoms with Gasteiger partial charge in [-0.05, 0) is 40.1 Å². The fourth-order valence-electron chi connectivity index (χ4n) is 2.70. The van der Waals surface area contributed by atoms with Gasteiger partial charge in [0, 0.05) is 10.7 Å². The predicted molar refractivity (Wildman–Crippen MR) is 111 cm³/mol. The number of rotatable bonds is 8. The third kappa shape index (κ3) is 6.07. The van der Waals surface area contributed by atoms with E-state index in [1.54, 1.807) is 11.3 Å². The van der Waals surface area contributed by atoms with Gasteiger partial charge in [0.25, 0.3) is 0 Å². The SMILES string of the molecule is Cl.NC(COCc1ccccc1)CS(=O)(=O)Cc1ccc2sccc2c1. The van der Waals surface area contributed by atoms with Crippen LogP contribution in [0.3, 0.4) is 0 Å². The van der Waals surface area contributed by atoms with E-state index in [1.165, 1.54) is 0 Å². The molecule has 0 radical (unpaired) electrons. The topological polar surface area (TPSA) is 69.4 Å². The number of sulfone groups is 1. The van der Waals surface area contributed by atoms with Crippen LogP contribution in [0, 0.1) is 0 Å². The van der Waals surface area contributed by atoms with Gasteiger partial charge in [0.1, 0.15) is 0 Å². The lowest BCUT2D eigenvalue weighted by Gasteiger charge is -2.13. The number of nitrogens with two attached hydrogens (primary N) is 1. The van der Waals surface area contributed by atoms with Crippen LogP contribution in [0.25, 0.3) is 10.1 Å². The van der Waals surface area contributed by atoms with Gasteiger partial charge in [-0.15, -0.1) is 23.7 Å². The molecule has 0 fully saturated rings. The minimum Gasteiger partial charge on any atom is -0.375 e.